The van der Waals surface area contributed by atoms with E-state index in [1.54, 1.807) is 6.92 Å². The fourth-order valence-corrected chi connectivity index (χ4v) is 4.83. The maximum absolute atomic E-state index is 12.3. The first kappa shape index (κ1) is 30.5. The van der Waals surface area contributed by atoms with Crippen molar-refractivity contribution in [2.75, 3.05) is 0 Å². The predicted molar refractivity (Wildman–Crippen MR) is 138 cm³/mol. The van der Waals surface area contributed by atoms with Gasteiger partial charge in [0.15, 0.2) is 12.4 Å². The number of rotatable bonds is 10. The number of carbonyl (C=O) groups is 3. The van der Waals surface area contributed by atoms with E-state index in [2.05, 4.69) is 25.4 Å². The van der Waals surface area contributed by atoms with Crippen molar-refractivity contribution in [2.45, 2.75) is 102 Å². The Kier molecular flexibility index (Phi) is 11.4. The Morgan fingerprint density at radius 2 is 1.62 bits per heavy atom. The van der Waals surface area contributed by atoms with E-state index < -0.39 is 66.9 Å². The summed E-state index contributed by atoms with van der Waals surface area (Å²) in [5.41, 5.74) is 19.1. The van der Waals surface area contributed by atoms with Gasteiger partial charge in [0.2, 0.25) is 0 Å². The molecular formula is C25H33N7O8. The highest BCUT2D eigenvalue weighted by atomic mass is 16.7. The van der Waals surface area contributed by atoms with E-state index in [1.165, 1.54) is 13.8 Å². The minimum absolute atomic E-state index is 0.0180. The zero-order valence-electron chi connectivity index (χ0n) is 22.5. The molecule has 15 heteroatoms. The number of hydrogen-bond acceptors (Lipinski definition) is 10. The molecule has 0 unspecified atom stereocenters. The summed E-state index contributed by atoms with van der Waals surface area (Å²) >= 11 is 0. The van der Waals surface area contributed by atoms with Gasteiger partial charge in [-0.15, -0.1) is 0 Å². The zero-order chi connectivity index (χ0) is 29.1. The molecule has 0 radical (unpaired) electrons. The average Bonchev–Trinajstić information content (AvgIpc) is 2.92. The van der Waals surface area contributed by atoms with Gasteiger partial charge in [0.25, 0.3) is 0 Å². The number of azide groups is 2. The molecule has 0 aromatic heterocycles. The van der Waals surface area contributed by atoms with Crippen molar-refractivity contribution < 1.29 is 38.1 Å². The third kappa shape index (κ3) is 8.75. The van der Waals surface area contributed by atoms with Crippen LogP contribution in [0.4, 0.5) is 4.79 Å². The van der Waals surface area contributed by atoms with Gasteiger partial charge in [0.1, 0.15) is 18.8 Å². The third-order valence-corrected chi connectivity index (χ3v) is 6.57. The molecule has 1 aliphatic carbocycles. The van der Waals surface area contributed by atoms with Crippen molar-refractivity contribution in [3.05, 3.63) is 56.8 Å². The highest BCUT2D eigenvalue weighted by molar-refractivity contribution is 5.68. The second-order valence-electron chi connectivity index (χ2n) is 9.56. The molecule has 216 valence electrons. The lowest BCUT2D eigenvalue weighted by Crippen LogP contribution is -2.59. The van der Waals surface area contributed by atoms with Crippen molar-refractivity contribution >= 4 is 18.0 Å². The number of nitrogens with one attached hydrogen (secondary N) is 1. The van der Waals surface area contributed by atoms with Crippen LogP contribution in [-0.2, 0) is 39.9 Å². The van der Waals surface area contributed by atoms with Crippen molar-refractivity contribution in [3.63, 3.8) is 0 Å². The Morgan fingerprint density at radius 3 is 2.25 bits per heavy atom. The Hall–Kier alpha value is -4.03. The van der Waals surface area contributed by atoms with Crippen LogP contribution in [0.2, 0.25) is 0 Å². The normalized spacial score (nSPS) is 28.5. The van der Waals surface area contributed by atoms with Crippen LogP contribution < -0.4 is 5.32 Å². The fourth-order valence-electron chi connectivity index (χ4n) is 4.83. The van der Waals surface area contributed by atoms with Gasteiger partial charge in [-0.3, -0.25) is 9.59 Å². The summed E-state index contributed by atoms with van der Waals surface area (Å²) in [6, 6.07) is 6.95. The van der Waals surface area contributed by atoms with Gasteiger partial charge >= 0.3 is 18.0 Å². The van der Waals surface area contributed by atoms with Gasteiger partial charge in [-0.1, -0.05) is 40.6 Å². The minimum atomic E-state index is -1.24. The fraction of sp³-hybridized carbons (Fsp3) is 0.640. The summed E-state index contributed by atoms with van der Waals surface area (Å²) < 4.78 is 28.5. The topological polar surface area (TPSA) is 207 Å². The van der Waals surface area contributed by atoms with E-state index in [-0.39, 0.29) is 13.0 Å². The van der Waals surface area contributed by atoms with Gasteiger partial charge < -0.3 is 29.0 Å². The smallest absolute Gasteiger partial charge is 0.407 e. The largest absolute Gasteiger partial charge is 0.458 e. The maximum Gasteiger partial charge on any atom is 0.407 e. The van der Waals surface area contributed by atoms with Crippen LogP contribution >= 0.6 is 0 Å². The van der Waals surface area contributed by atoms with Crippen molar-refractivity contribution in [1.29, 1.82) is 0 Å². The average molecular weight is 560 g/mol. The lowest BCUT2D eigenvalue weighted by atomic mass is 9.84. The van der Waals surface area contributed by atoms with E-state index in [0.717, 1.165) is 5.56 Å². The van der Waals surface area contributed by atoms with Crippen LogP contribution in [0.25, 0.3) is 20.9 Å². The summed E-state index contributed by atoms with van der Waals surface area (Å²) in [4.78, 5) is 41.8. The number of esters is 2. The molecule has 40 heavy (non-hydrogen) atoms. The molecule has 1 saturated heterocycles. The molecule has 1 heterocycles. The Bertz CT molecular complexity index is 1130. The molecule has 2 fully saturated rings. The molecule has 8 atom stereocenters. The molecule has 3 rings (SSSR count). The quantitative estimate of drug-likeness (QED) is 0.144. The maximum atomic E-state index is 12.3. The predicted octanol–water partition coefficient (Wildman–Crippen LogP) is 4.21. The number of carbonyl (C=O) groups excluding carboxylic acids is 3. The van der Waals surface area contributed by atoms with Gasteiger partial charge in [-0.05, 0) is 49.2 Å². The number of benzene rings is 1. The molecule has 0 spiro atoms. The van der Waals surface area contributed by atoms with Crippen LogP contribution in [0, 0.1) is 0 Å². The van der Waals surface area contributed by atoms with Gasteiger partial charge in [0.05, 0.1) is 24.2 Å². The number of ether oxygens (including phenoxy) is 5. The SMILES string of the molecule is CC(=O)O[C@@H]1[C@@H](OC(C)=O)[C@H](N=[N+]=[N-])C[C@H](N=[N+]=[N-])[C@H]1O[C@@H]1CCC[C@@H]([C@@H](C)NC(=O)OCc2ccccc2)O1. The molecule has 2 aliphatic rings. The minimum Gasteiger partial charge on any atom is -0.458 e. The highest BCUT2D eigenvalue weighted by Crippen LogP contribution is 2.34. The van der Waals surface area contributed by atoms with Gasteiger partial charge in [-0.25, -0.2) is 4.79 Å². The zero-order valence-corrected chi connectivity index (χ0v) is 22.5. The Morgan fingerprint density at radius 1 is 1.00 bits per heavy atom. The highest BCUT2D eigenvalue weighted by Gasteiger charge is 2.50. The molecule has 15 nitrogen and oxygen atoms in total. The van der Waals surface area contributed by atoms with Gasteiger partial charge in [0, 0.05) is 23.7 Å². The van der Waals surface area contributed by atoms with Crippen LogP contribution in [0.1, 0.15) is 52.0 Å². The summed E-state index contributed by atoms with van der Waals surface area (Å²) in [7, 11) is 0. The molecule has 1 aliphatic heterocycles. The molecular weight excluding hydrogens is 526 g/mol. The first-order valence-electron chi connectivity index (χ1n) is 12.9. The summed E-state index contributed by atoms with van der Waals surface area (Å²) in [5, 5.41) is 10.2. The van der Waals surface area contributed by atoms with E-state index in [4.69, 9.17) is 29.2 Å². The van der Waals surface area contributed by atoms with Crippen LogP contribution in [0.3, 0.4) is 0 Å². The molecule has 1 saturated carbocycles. The first-order valence-corrected chi connectivity index (χ1v) is 12.9. The first-order chi connectivity index (χ1) is 19.2. The molecule has 1 aromatic carbocycles. The van der Waals surface area contributed by atoms with Crippen LogP contribution in [0.15, 0.2) is 40.6 Å². The molecule has 0 bridgehead atoms. The van der Waals surface area contributed by atoms with E-state index in [9.17, 15) is 19.9 Å². The number of alkyl carbamates (subject to hydrolysis) is 1. The Labute approximate surface area is 230 Å². The molecule has 1 amide bonds. The summed E-state index contributed by atoms with van der Waals surface area (Å²) in [6.07, 6.45) is -3.57. The number of nitrogens with zero attached hydrogens (tertiary/aromatic N) is 6. The van der Waals surface area contributed by atoms with Crippen molar-refractivity contribution in [3.8, 4) is 0 Å². The third-order valence-electron chi connectivity index (χ3n) is 6.57. The molecule has 1 N–H and O–H groups in total. The van der Waals surface area contributed by atoms with Gasteiger partial charge in [-0.2, -0.15) is 0 Å². The van der Waals surface area contributed by atoms with Crippen molar-refractivity contribution in [1.82, 2.24) is 5.32 Å². The van der Waals surface area contributed by atoms with Crippen LogP contribution in [-0.4, -0.2) is 66.9 Å². The van der Waals surface area contributed by atoms with Crippen LogP contribution in [0.5, 0.6) is 0 Å². The van der Waals surface area contributed by atoms with E-state index in [1.807, 2.05) is 30.3 Å². The lowest BCUT2D eigenvalue weighted by Gasteiger charge is -2.44. The number of amides is 1. The van der Waals surface area contributed by atoms with E-state index >= 15 is 0 Å². The van der Waals surface area contributed by atoms with Crippen molar-refractivity contribution in [2.24, 2.45) is 10.2 Å². The summed E-state index contributed by atoms with van der Waals surface area (Å²) in [5.74, 6) is -1.39. The second-order valence-corrected chi connectivity index (χ2v) is 9.56. The lowest BCUT2D eigenvalue weighted by molar-refractivity contribution is -0.255. The summed E-state index contributed by atoms with van der Waals surface area (Å²) in [6.45, 7) is 4.24. The van der Waals surface area contributed by atoms with E-state index in [0.29, 0.717) is 19.3 Å². The standard InChI is InChI=1S/C25H33N7O8/c1-14(28-25(35)36-13-17-8-5-4-6-9-17)20-10-7-11-21(39-20)40-23-19(30-32-27)12-18(29-31-26)22(37-15(2)33)24(23)38-16(3)34/h4-6,8-9,14,18-24H,7,10-13H2,1-3H3,(H,28,35)/t14-,18-,19+,20+,21-,22+,23-,24-/m1/s1. The Balaban J connectivity index is 1.71. The monoisotopic (exact) mass is 559 g/mol. The molecule has 1 aromatic rings. The number of hydrogen-bond donors (Lipinski definition) is 1. The second kappa shape index (κ2) is 14.9.